The van der Waals surface area contributed by atoms with Gasteiger partial charge in [-0.1, -0.05) is 48.5 Å². The first-order valence-electron chi connectivity index (χ1n) is 9.47. The Morgan fingerprint density at radius 3 is 2.50 bits per heavy atom. The summed E-state index contributed by atoms with van der Waals surface area (Å²) >= 11 is 1.57. The van der Waals surface area contributed by atoms with Crippen molar-refractivity contribution >= 4 is 22.7 Å². The molecule has 1 heterocycles. The van der Waals surface area contributed by atoms with Crippen LogP contribution in [-0.2, 0) is 6.61 Å². The minimum Gasteiger partial charge on any atom is -0.489 e. The van der Waals surface area contributed by atoms with Crippen LogP contribution in [-0.4, -0.2) is 11.2 Å². The van der Waals surface area contributed by atoms with E-state index < -0.39 is 0 Å². The highest BCUT2D eigenvalue weighted by Crippen LogP contribution is 2.30. The summed E-state index contributed by atoms with van der Waals surface area (Å²) in [5.41, 5.74) is 6.50. The number of nitrogens with zero attached hydrogens (tertiary/aromatic N) is 2. The van der Waals surface area contributed by atoms with Gasteiger partial charge in [0, 0.05) is 16.0 Å². The van der Waals surface area contributed by atoms with Gasteiger partial charge in [-0.3, -0.25) is 5.43 Å². The smallest absolute Gasteiger partial charge is 0.204 e. The number of aryl methyl sites for hydroxylation is 1. The lowest BCUT2D eigenvalue weighted by molar-refractivity contribution is 0.300. The maximum absolute atomic E-state index is 13.7. The van der Waals surface area contributed by atoms with E-state index in [1.165, 1.54) is 6.07 Å². The van der Waals surface area contributed by atoms with Crippen molar-refractivity contribution in [3.05, 3.63) is 101 Å². The van der Waals surface area contributed by atoms with E-state index in [0.29, 0.717) is 11.3 Å². The molecule has 0 atom stereocenters. The predicted octanol–water partition coefficient (Wildman–Crippen LogP) is 6.28. The van der Waals surface area contributed by atoms with Gasteiger partial charge in [-0.15, -0.1) is 11.3 Å². The molecule has 0 bridgehead atoms. The van der Waals surface area contributed by atoms with Gasteiger partial charge in [0.2, 0.25) is 5.13 Å². The molecule has 0 saturated carbocycles. The van der Waals surface area contributed by atoms with E-state index in [1.807, 2.05) is 54.6 Å². The molecule has 0 amide bonds. The van der Waals surface area contributed by atoms with E-state index in [9.17, 15) is 4.39 Å². The predicted molar refractivity (Wildman–Crippen MR) is 121 cm³/mol. The number of benzene rings is 3. The van der Waals surface area contributed by atoms with Crippen LogP contribution in [0, 0.1) is 12.7 Å². The molecule has 6 heteroatoms. The van der Waals surface area contributed by atoms with Crippen LogP contribution in [0.15, 0.2) is 84.0 Å². The maximum atomic E-state index is 13.7. The molecule has 150 valence electrons. The van der Waals surface area contributed by atoms with Crippen LogP contribution < -0.4 is 10.2 Å². The van der Waals surface area contributed by atoms with Crippen molar-refractivity contribution in [2.24, 2.45) is 5.10 Å². The zero-order valence-corrected chi connectivity index (χ0v) is 17.2. The Kier molecular flexibility index (Phi) is 6.15. The Labute approximate surface area is 178 Å². The average Bonchev–Trinajstić information content (AvgIpc) is 3.15. The van der Waals surface area contributed by atoms with E-state index in [-0.39, 0.29) is 12.4 Å². The quantitative estimate of drug-likeness (QED) is 0.284. The van der Waals surface area contributed by atoms with Crippen molar-refractivity contribution < 1.29 is 9.13 Å². The largest absolute Gasteiger partial charge is 0.489 e. The standard InChI is InChI=1S/C24H20FN3OS/c1-17-23(19-7-3-2-4-8-19)27-24(30-17)28-26-15-18-11-13-21(14-12-18)29-16-20-9-5-6-10-22(20)25/h2-15H,16H2,1H3,(H,27,28)/b26-15-. The number of thiazole rings is 1. The Morgan fingerprint density at radius 2 is 1.73 bits per heavy atom. The van der Waals surface area contributed by atoms with Crippen molar-refractivity contribution in [3.63, 3.8) is 0 Å². The molecule has 1 N–H and O–H groups in total. The number of ether oxygens (including phenoxy) is 1. The molecule has 0 fully saturated rings. The highest BCUT2D eigenvalue weighted by Gasteiger charge is 2.08. The number of hydrogen-bond acceptors (Lipinski definition) is 5. The van der Waals surface area contributed by atoms with E-state index in [0.717, 1.165) is 26.8 Å². The van der Waals surface area contributed by atoms with Crippen LogP contribution in [0.1, 0.15) is 16.0 Å². The van der Waals surface area contributed by atoms with Gasteiger partial charge < -0.3 is 4.74 Å². The lowest BCUT2D eigenvalue weighted by Crippen LogP contribution is -1.98. The molecular weight excluding hydrogens is 397 g/mol. The fourth-order valence-corrected chi connectivity index (χ4v) is 3.68. The molecule has 0 aliphatic heterocycles. The Hall–Kier alpha value is -3.51. The number of hydrazone groups is 1. The van der Waals surface area contributed by atoms with Crippen LogP contribution >= 0.6 is 11.3 Å². The van der Waals surface area contributed by atoms with Crippen LogP contribution in [0.2, 0.25) is 0 Å². The van der Waals surface area contributed by atoms with Crippen LogP contribution in [0.4, 0.5) is 9.52 Å². The minimum atomic E-state index is -0.264. The topological polar surface area (TPSA) is 46.5 Å². The summed E-state index contributed by atoms with van der Waals surface area (Å²) in [4.78, 5) is 5.76. The average molecular weight is 418 g/mol. The van der Waals surface area contributed by atoms with Crippen LogP contribution in [0.3, 0.4) is 0 Å². The third kappa shape index (κ3) is 4.90. The zero-order chi connectivity index (χ0) is 20.8. The molecule has 4 aromatic rings. The van der Waals surface area contributed by atoms with Crippen LogP contribution in [0.25, 0.3) is 11.3 Å². The van der Waals surface area contributed by atoms with E-state index in [4.69, 9.17) is 4.74 Å². The Bertz CT molecular complexity index is 1140. The summed E-state index contributed by atoms with van der Waals surface area (Å²) < 4.78 is 19.3. The lowest BCUT2D eigenvalue weighted by atomic mass is 10.1. The first kappa shape index (κ1) is 19.8. The summed E-state index contributed by atoms with van der Waals surface area (Å²) in [6.07, 6.45) is 1.72. The van der Waals surface area contributed by atoms with Crippen molar-refractivity contribution in [1.82, 2.24) is 4.98 Å². The number of anilines is 1. The number of aromatic nitrogens is 1. The molecule has 0 unspecified atom stereocenters. The van der Waals surface area contributed by atoms with Crippen molar-refractivity contribution in [1.29, 1.82) is 0 Å². The zero-order valence-electron chi connectivity index (χ0n) is 16.4. The highest BCUT2D eigenvalue weighted by molar-refractivity contribution is 7.15. The third-order valence-corrected chi connectivity index (χ3v) is 5.33. The fraction of sp³-hybridized carbons (Fsp3) is 0.0833. The Morgan fingerprint density at radius 1 is 1.00 bits per heavy atom. The SMILES string of the molecule is Cc1sc(N/N=C\c2ccc(OCc3ccccc3F)cc2)nc1-c1ccccc1. The van der Waals surface area contributed by atoms with E-state index in [2.05, 4.69) is 22.4 Å². The Balaban J connectivity index is 1.34. The highest BCUT2D eigenvalue weighted by atomic mass is 32.1. The number of hydrogen-bond donors (Lipinski definition) is 1. The van der Waals surface area contributed by atoms with Crippen molar-refractivity contribution in [2.75, 3.05) is 5.43 Å². The third-order valence-electron chi connectivity index (χ3n) is 4.45. The maximum Gasteiger partial charge on any atom is 0.204 e. The molecule has 1 aromatic heterocycles. The molecule has 0 saturated heterocycles. The number of rotatable bonds is 7. The molecule has 3 aromatic carbocycles. The molecule has 0 aliphatic carbocycles. The molecule has 0 radical (unpaired) electrons. The molecule has 4 rings (SSSR count). The van der Waals surface area contributed by atoms with Gasteiger partial charge in [0.05, 0.1) is 11.9 Å². The number of nitrogens with one attached hydrogen (secondary N) is 1. The second-order valence-corrected chi connectivity index (χ2v) is 7.81. The van der Waals surface area contributed by atoms with Gasteiger partial charge in [-0.2, -0.15) is 5.10 Å². The molecule has 30 heavy (non-hydrogen) atoms. The van der Waals surface area contributed by atoms with Gasteiger partial charge in [0.15, 0.2) is 0 Å². The van der Waals surface area contributed by atoms with Crippen molar-refractivity contribution in [2.45, 2.75) is 13.5 Å². The van der Waals surface area contributed by atoms with E-state index in [1.54, 1.807) is 35.8 Å². The molecular formula is C24H20FN3OS. The number of halogens is 1. The summed E-state index contributed by atoms with van der Waals surface area (Å²) in [5, 5.41) is 5.02. The summed E-state index contributed by atoms with van der Waals surface area (Å²) in [7, 11) is 0. The second-order valence-electron chi connectivity index (χ2n) is 6.61. The van der Waals surface area contributed by atoms with Crippen molar-refractivity contribution in [3.8, 4) is 17.0 Å². The second kappa shape index (κ2) is 9.33. The monoisotopic (exact) mass is 417 g/mol. The summed E-state index contributed by atoms with van der Waals surface area (Å²) in [5.74, 6) is 0.409. The lowest BCUT2D eigenvalue weighted by Gasteiger charge is -2.07. The summed E-state index contributed by atoms with van der Waals surface area (Å²) in [6, 6.07) is 24.1. The molecule has 4 nitrogen and oxygen atoms in total. The normalized spacial score (nSPS) is 11.0. The van der Waals surface area contributed by atoms with Gasteiger partial charge in [-0.25, -0.2) is 9.37 Å². The van der Waals surface area contributed by atoms with Gasteiger partial charge in [0.1, 0.15) is 18.2 Å². The molecule has 0 spiro atoms. The van der Waals surface area contributed by atoms with Gasteiger partial charge >= 0.3 is 0 Å². The van der Waals surface area contributed by atoms with E-state index >= 15 is 0 Å². The fourth-order valence-electron chi connectivity index (χ4n) is 2.90. The van der Waals surface area contributed by atoms with Crippen LogP contribution in [0.5, 0.6) is 5.75 Å². The summed E-state index contributed by atoms with van der Waals surface area (Å²) in [6.45, 7) is 2.24. The first-order chi connectivity index (χ1) is 14.7. The van der Waals surface area contributed by atoms with Gasteiger partial charge in [0.25, 0.3) is 0 Å². The first-order valence-corrected chi connectivity index (χ1v) is 10.3. The molecule has 0 aliphatic rings. The van der Waals surface area contributed by atoms with Gasteiger partial charge in [-0.05, 0) is 42.8 Å². The minimum absolute atomic E-state index is 0.189.